The number of ether oxygens (including phenoxy) is 1. The van der Waals surface area contributed by atoms with E-state index >= 15 is 0 Å². The number of H-pyrrole nitrogens is 1. The molecule has 124 valence electrons. The summed E-state index contributed by atoms with van der Waals surface area (Å²) >= 11 is 0. The highest BCUT2D eigenvalue weighted by Crippen LogP contribution is 2.36. The number of nitrogens with one attached hydrogen (secondary N) is 1. The van der Waals surface area contributed by atoms with Gasteiger partial charge in [-0.2, -0.15) is 0 Å². The Morgan fingerprint density at radius 2 is 1.91 bits per heavy atom. The smallest absolute Gasteiger partial charge is 0.461 e. The number of carbonyl (C=O) groups excluding carboxylic acids is 1. The lowest BCUT2D eigenvalue weighted by atomic mass is 9.81. The van der Waals surface area contributed by atoms with Crippen molar-refractivity contribution in [3.63, 3.8) is 0 Å². The number of hydrogen-bond acceptors (Lipinski definition) is 5. The van der Waals surface area contributed by atoms with Crippen LogP contribution in [0.3, 0.4) is 0 Å². The highest BCUT2D eigenvalue weighted by molar-refractivity contribution is 6.61. The van der Waals surface area contributed by atoms with Crippen molar-refractivity contribution in [2.45, 2.75) is 45.8 Å². The van der Waals surface area contributed by atoms with Gasteiger partial charge in [0, 0.05) is 11.7 Å². The van der Waals surface area contributed by atoms with Crippen molar-refractivity contribution in [1.82, 2.24) is 9.97 Å². The number of aromatic amines is 1. The van der Waals surface area contributed by atoms with Crippen LogP contribution in [0.5, 0.6) is 0 Å². The summed E-state index contributed by atoms with van der Waals surface area (Å²) < 4.78 is 17.0. The fourth-order valence-electron chi connectivity index (χ4n) is 2.03. The predicted octanol–water partition coefficient (Wildman–Crippen LogP) is 2.01. The molecule has 23 heavy (non-hydrogen) atoms. The Morgan fingerprint density at radius 1 is 1.26 bits per heavy atom. The first kappa shape index (κ1) is 17.5. The molecule has 1 N–H and O–H groups in total. The Bertz CT molecular complexity index is 610. The maximum Gasteiger partial charge on any atom is 0.496 e. The first-order chi connectivity index (χ1) is 10.8. The molecule has 0 bridgehead atoms. The highest BCUT2D eigenvalue weighted by atomic mass is 16.7. The van der Waals surface area contributed by atoms with Crippen molar-refractivity contribution in [2.24, 2.45) is 0 Å². The van der Waals surface area contributed by atoms with Gasteiger partial charge in [0.15, 0.2) is 0 Å². The molecule has 1 fully saturated rings. The molecule has 2 rings (SSSR count). The number of rotatable bonds is 3. The minimum absolute atomic E-state index is 0.315. The molecular weight excluding hydrogens is 295 g/mol. The molecule has 7 heteroatoms. The van der Waals surface area contributed by atoms with Crippen LogP contribution in [-0.2, 0) is 14.0 Å². The molecule has 0 radical (unpaired) electrons. The zero-order valence-corrected chi connectivity index (χ0v) is 14.3. The second kappa shape index (κ2) is 6.72. The van der Waals surface area contributed by atoms with Crippen LogP contribution in [0, 0.1) is 0 Å². The van der Waals surface area contributed by atoms with Crippen LogP contribution in [0.25, 0.3) is 0 Å². The Morgan fingerprint density at radius 3 is 2.52 bits per heavy atom. The van der Waals surface area contributed by atoms with Gasteiger partial charge < -0.3 is 19.0 Å². The second-order valence-electron chi connectivity index (χ2n) is 6.30. The van der Waals surface area contributed by atoms with Gasteiger partial charge >= 0.3 is 13.1 Å². The third-order valence-corrected chi connectivity index (χ3v) is 4.09. The lowest BCUT2D eigenvalue weighted by molar-refractivity contribution is 0.00578. The van der Waals surface area contributed by atoms with Crippen molar-refractivity contribution < 1.29 is 18.8 Å². The van der Waals surface area contributed by atoms with E-state index in [1.807, 2.05) is 33.8 Å². The van der Waals surface area contributed by atoms with Crippen molar-refractivity contribution in [2.75, 3.05) is 6.61 Å². The van der Waals surface area contributed by atoms with Crippen LogP contribution in [0.1, 0.15) is 45.1 Å². The minimum Gasteiger partial charge on any atom is -0.461 e. The van der Waals surface area contributed by atoms with Gasteiger partial charge in [-0.15, -0.1) is 0 Å². The summed E-state index contributed by atoms with van der Waals surface area (Å²) in [5.41, 5.74) is 0.246. The van der Waals surface area contributed by atoms with Crippen LogP contribution in [0.2, 0.25) is 0 Å². The Balaban J connectivity index is 2.30. The van der Waals surface area contributed by atoms with E-state index < -0.39 is 24.3 Å². The fourth-order valence-corrected chi connectivity index (χ4v) is 2.03. The molecule has 1 aliphatic heterocycles. The molecule has 0 aromatic carbocycles. The third-order valence-electron chi connectivity index (χ3n) is 4.09. The van der Waals surface area contributed by atoms with Gasteiger partial charge in [-0.05, 0) is 40.7 Å². The summed E-state index contributed by atoms with van der Waals surface area (Å²) in [6.07, 6.45) is 3.08. The van der Waals surface area contributed by atoms with E-state index in [9.17, 15) is 4.79 Å². The summed E-state index contributed by atoms with van der Waals surface area (Å²) in [6, 6.07) is 5.19. The quantitative estimate of drug-likeness (QED) is 0.682. The molecule has 1 aromatic rings. The SMILES string of the molecule is CCOC(=O)c1cccc(B2OC(C)(C)C(C)(C)O2)cnc[nH]1. The molecule has 2 heterocycles. The maximum atomic E-state index is 11.8. The lowest BCUT2D eigenvalue weighted by Gasteiger charge is -2.32. The van der Waals surface area contributed by atoms with E-state index in [1.54, 1.807) is 25.3 Å². The van der Waals surface area contributed by atoms with E-state index in [2.05, 4.69) is 9.97 Å². The van der Waals surface area contributed by atoms with Crippen molar-refractivity contribution >= 4 is 18.6 Å². The molecule has 0 unspecified atom stereocenters. The number of hydrogen-bond donors (Lipinski definition) is 1. The molecule has 0 saturated carbocycles. The molecule has 1 aliphatic rings. The largest absolute Gasteiger partial charge is 0.496 e. The first-order valence-corrected chi connectivity index (χ1v) is 7.66. The topological polar surface area (TPSA) is 73.4 Å². The van der Waals surface area contributed by atoms with Crippen LogP contribution < -0.4 is 5.46 Å². The predicted molar refractivity (Wildman–Crippen MR) is 87.9 cm³/mol. The zero-order chi connectivity index (χ0) is 17.1. The van der Waals surface area contributed by atoms with Gasteiger partial charge in [-0.25, -0.2) is 9.78 Å². The number of aromatic nitrogens is 2. The standard InChI is InChI=1S/C16H23BN2O4/c1-6-21-14(20)13-9-7-8-12(10-18-11-19-13)17-22-15(2,3)16(4,5)23-17/h7-11H,6H2,1-5H3,(H,18,19). The fraction of sp³-hybridized carbons (Fsp3) is 0.500. The third kappa shape index (κ3) is 3.92. The Hall–Kier alpha value is -1.86. The molecule has 1 aromatic heterocycles. The minimum atomic E-state index is -0.508. The molecule has 6 nitrogen and oxygen atoms in total. The molecule has 0 atom stereocenters. The van der Waals surface area contributed by atoms with E-state index in [-0.39, 0.29) is 0 Å². The van der Waals surface area contributed by atoms with Crippen LogP contribution in [-0.4, -0.2) is 40.9 Å². The summed E-state index contributed by atoms with van der Waals surface area (Å²) in [4.78, 5) is 18.7. The summed E-state index contributed by atoms with van der Waals surface area (Å²) in [5, 5.41) is 0. The average Bonchev–Trinajstić information content (AvgIpc) is 2.74. The highest BCUT2D eigenvalue weighted by Gasteiger charge is 2.51. The summed E-state index contributed by atoms with van der Waals surface area (Å²) in [6.45, 7) is 10.1. The molecule has 1 saturated heterocycles. The Kier molecular flexibility index (Phi) is 5.11. The average molecular weight is 318 g/mol. The van der Waals surface area contributed by atoms with Gasteiger partial charge in [0.1, 0.15) is 5.69 Å². The lowest BCUT2D eigenvalue weighted by Crippen LogP contribution is -2.41. The normalized spacial score (nSPS) is 18.4. The van der Waals surface area contributed by atoms with Crippen LogP contribution in [0.4, 0.5) is 0 Å². The Labute approximate surface area is 137 Å². The van der Waals surface area contributed by atoms with Gasteiger partial charge in [-0.1, -0.05) is 12.1 Å². The van der Waals surface area contributed by atoms with Gasteiger partial charge in [0.25, 0.3) is 0 Å². The summed E-state index contributed by atoms with van der Waals surface area (Å²) in [5.74, 6) is -0.428. The number of nitrogens with zero attached hydrogens (tertiary/aromatic N) is 1. The molecular formula is C16H23BN2O4. The van der Waals surface area contributed by atoms with E-state index in [0.29, 0.717) is 12.3 Å². The number of esters is 1. The van der Waals surface area contributed by atoms with Crippen molar-refractivity contribution in [3.8, 4) is 0 Å². The molecule has 0 aliphatic carbocycles. The van der Waals surface area contributed by atoms with E-state index in [0.717, 1.165) is 5.46 Å². The number of carbonyl (C=O) groups is 1. The maximum absolute atomic E-state index is 11.8. The van der Waals surface area contributed by atoms with E-state index in [4.69, 9.17) is 14.0 Å². The van der Waals surface area contributed by atoms with Crippen molar-refractivity contribution in [3.05, 3.63) is 36.4 Å². The van der Waals surface area contributed by atoms with Gasteiger partial charge in [-0.3, -0.25) is 0 Å². The van der Waals surface area contributed by atoms with Gasteiger partial charge in [0.05, 0.1) is 24.1 Å². The van der Waals surface area contributed by atoms with Crippen LogP contribution >= 0.6 is 0 Å². The first-order valence-electron chi connectivity index (χ1n) is 7.66. The van der Waals surface area contributed by atoms with E-state index in [1.165, 1.54) is 6.33 Å². The second-order valence-corrected chi connectivity index (χ2v) is 6.30. The monoisotopic (exact) mass is 318 g/mol. The summed E-state index contributed by atoms with van der Waals surface area (Å²) in [7, 11) is -0.508. The van der Waals surface area contributed by atoms with Gasteiger partial charge in [0.2, 0.25) is 0 Å². The van der Waals surface area contributed by atoms with Crippen molar-refractivity contribution in [1.29, 1.82) is 0 Å². The van der Waals surface area contributed by atoms with Crippen LogP contribution in [0.15, 0.2) is 30.7 Å². The molecule has 0 spiro atoms. The molecule has 0 amide bonds. The zero-order valence-electron chi connectivity index (χ0n) is 14.3.